The summed E-state index contributed by atoms with van der Waals surface area (Å²) in [5.74, 6) is -0.0691. The van der Waals surface area contributed by atoms with Crippen molar-refractivity contribution in [3.05, 3.63) is 0 Å². The van der Waals surface area contributed by atoms with Crippen LogP contribution in [0, 0.1) is 0 Å². The number of carbonyl (C=O) groups is 1. The maximum atomic E-state index is 11.4. The average molecular weight is 251 g/mol. The van der Waals surface area contributed by atoms with E-state index in [2.05, 4.69) is 5.32 Å². The first-order chi connectivity index (χ1) is 6.97. The van der Waals surface area contributed by atoms with Crippen LogP contribution in [-0.2, 0) is 9.53 Å². The molecule has 0 bridgehead atoms. The number of nitrogens with one attached hydrogen (secondary N) is 1. The fourth-order valence-electron chi connectivity index (χ4n) is 1.63. The third-order valence-electron chi connectivity index (χ3n) is 2.49. The summed E-state index contributed by atoms with van der Waals surface area (Å²) in [5, 5.41) is 2.76. The van der Waals surface area contributed by atoms with E-state index in [1.165, 1.54) is 12.8 Å². The lowest BCUT2D eigenvalue weighted by Gasteiger charge is -2.19. The molecule has 1 fully saturated rings. The molecule has 1 aliphatic carbocycles. The second-order valence-corrected chi connectivity index (χ2v) is 4.98. The third-order valence-corrected chi connectivity index (χ3v) is 2.49. The maximum Gasteiger partial charge on any atom is 0.246 e. The van der Waals surface area contributed by atoms with Crippen molar-refractivity contribution in [1.29, 1.82) is 0 Å². The molecule has 0 aliphatic heterocycles. The van der Waals surface area contributed by atoms with Crippen LogP contribution in [0.3, 0.4) is 0 Å². The quantitative estimate of drug-likeness (QED) is 0.771. The molecule has 16 heavy (non-hydrogen) atoms. The van der Waals surface area contributed by atoms with E-state index in [0.29, 0.717) is 12.6 Å². The van der Waals surface area contributed by atoms with Gasteiger partial charge >= 0.3 is 0 Å². The van der Waals surface area contributed by atoms with Gasteiger partial charge in [0.25, 0.3) is 0 Å². The summed E-state index contributed by atoms with van der Waals surface area (Å²) in [5.41, 5.74) is 5.39. The van der Waals surface area contributed by atoms with Crippen molar-refractivity contribution in [1.82, 2.24) is 5.32 Å². The van der Waals surface area contributed by atoms with Gasteiger partial charge in [0.1, 0.15) is 6.61 Å². The molecule has 0 aromatic heterocycles. The molecule has 96 valence electrons. The molecule has 1 amide bonds. The standard InChI is InChI=1S/C11H22N2O2.ClH/c1-11(2,12)8-13-10(14)7-15-9-5-3-4-6-9;/h9H,3-8,12H2,1-2H3,(H,13,14);1H. The summed E-state index contributed by atoms with van der Waals surface area (Å²) in [4.78, 5) is 11.4. The van der Waals surface area contributed by atoms with Gasteiger partial charge in [-0.25, -0.2) is 0 Å². The maximum absolute atomic E-state index is 11.4. The van der Waals surface area contributed by atoms with Gasteiger partial charge in [-0.2, -0.15) is 0 Å². The second kappa shape index (κ2) is 7.09. The van der Waals surface area contributed by atoms with Gasteiger partial charge in [0.05, 0.1) is 6.10 Å². The van der Waals surface area contributed by atoms with E-state index < -0.39 is 0 Å². The van der Waals surface area contributed by atoms with E-state index in [1.807, 2.05) is 13.8 Å². The zero-order chi connectivity index (χ0) is 11.3. The van der Waals surface area contributed by atoms with Crippen LogP contribution in [0.25, 0.3) is 0 Å². The van der Waals surface area contributed by atoms with Gasteiger partial charge in [-0.15, -0.1) is 12.4 Å². The van der Waals surface area contributed by atoms with E-state index in [9.17, 15) is 4.79 Å². The van der Waals surface area contributed by atoms with Crippen molar-refractivity contribution in [2.45, 2.75) is 51.2 Å². The summed E-state index contributed by atoms with van der Waals surface area (Å²) < 4.78 is 5.48. The van der Waals surface area contributed by atoms with Crippen LogP contribution in [0.15, 0.2) is 0 Å². The molecule has 3 N–H and O–H groups in total. The molecule has 1 rings (SSSR count). The van der Waals surface area contributed by atoms with E-state index in [-0.39, 0.29) is 30.5 Å². The Hall–Kier alpha value is -0.320. The number of hydrogen-bond donors (Lipinski definition) is 2. The Morgan fingerprint density at radius 1 is 1.44 bits per heavy atom. The lowest BCUT2D eigenvalue weighted by Crippen LogP contribution is -2.46. The van der Waals surface area contributed by atoms with E-state index >= 15 is 0 Å². The number of rotatable bonds is 5. The Labute approximate surface area is 104 Å². The molecule has 0 atom stereocenters. The van der Waals surface area contributed by atoms with Crippen molar-refractivity contribution in [2.24, 2.45) is 5.73 Å². The number of carbonyl (C=O) groups excluding carboxylic acids is 1. The van der Waals surface area contributed by atoms with Gasteiger partial charge in [0, 0.05) is 12.1 Å². The fraction of sp³-hybridized carbons (Fsp3) is 0.909. The molecule has 4 nitrogen and oxygen atoms in total. The van der Waals surface area contributed by atoms with E-state index in [0.717, 1.165) is 12.8 Å². The Morgan fingerprint density at radius 3 is 2.50 bits per heavy atom. The van der Waals surface area contributed by atoms with Gasteiger partial charge in [-0.1, -0.05) is 12.8 Å². The largest absolute Gasteiger partial charge is 0.368 e. The van der Waals surface area contributed by atoms with Crippen LogP contribution >= 0.6 is 12.4 Å². The Balaban J connectivity index is 0.00000225. The van der Waals surface area contributed by atoms with Gasteiger partial charge in [0.15, 0.2) is 0 Å². The highest BCUT2D eigenvalue weighted by atomic mass is 35.5. The molecule has 0 unspecified atom stereocenters. The number of hydrogen-bond acceptors (Lipinski definition) is 3. The third kappa shape index (κ3) is 7.04. The summed E-state index contributed by atoms with van der Waals surface area (Å²) in [6.07, 6.45) is 4.93. The van der Waals surface area contributed by atoms with E-state index in [4.69, 9.17) is 10.5 Å². The number of ether oxygens (including phenoxy) is 1. The number of amides is 1. The first-order valence-electron chi connectivity index (χ1n) is 5.64. The second-order valence-electron chi connectivity index (χ2n) is 4.98. The molecular formula is C11H23ClN2O2. The molecule has 0 aromatic carbocycles. The van der Waals surface area contributed by atoms with Crippen molar-refractivity contribution < 1.29 is 9.53 Å². The average Bonchev–Trinajstić information content (AvgIpc) is 2.62. The predicted molar refractivity (Wildman–Crippen MR) is 66.7 cm³/mol. The first-order valence-corrected chi connectivity index (χ1v) is 5.64. The van der Waals surface area contributed by atoms with Crippen molar-refractivity contribution in [2.75, 3.05) is 13.2 Å². The molecule has 0 radical (unpaired) electrons. The number of nitrogens with two attached hydrogens (primary N) is 1. The Bertz CT molecular complexity index is 211. The highest BCUT2D eigenvalue weighted by Crippen LogP contribution is 2.20. The predicted octanol–water partition coefficient (Wildman–Crippen LogP) is 1.22. The SMILES string of the molecule is CC(C)(N)CNC(=O)COC1CCCC1.Cl. The highest BCUT2D eigenvalue weighted by Gasteiger charge is 2.17. The van der Waals surface area contributed by atoms with Crippen LogP contribution in [0.1, 0.15) is 39.5 Å². The molecule has 0 aromatic rings. The normalized spacial score (nSPS) is 16.9. The fourth-order valence-corrected chi connectivity index (χ4v) is 1.63. The van der Waals surface area contributed by atoms with Gasteiger partial charge < -0.3 is 15.8 Å². The van der Waals surface area contributed by atoms with Gasteiger partial charge in [-0.05, 0) is 26.7 Å². The van der Waals surface area contributed by atoms with Gasteiger partial charge in [-0.3, -0.25) is 4.79 Å². The topological polar surface area (TPSA) is 64.3 Å². The van der Waals surface area contributed by atoms with E-state index in [1.54, 1.807) is 0 Å². The molecule has 0 saturated heterocycles. The first kappa shape index (κ1) is 15.7. The summed E-state index contributed by atoms with van der Waals surface area (Å²) in [7, 11) is 0. The summed E-state index contributed by atoms with van der Waals surface area (Å²) in [6.45, 7) is 4.41. The minimum Gasteiger partial charge on any atom is -0.368 e. The molecular weight excluding hydrogens is 228 g/mol. The van der Waals surface area contributed by atoms with Gasteiger partial charge in [0.2, 0.25) is 5.91 Å². The van der Waals surface area contributed by atoms with Crippen molar-refractivity contribution in [3.8, 4) is 0 Å². The van der Waals surface area contributed by atoms with Crippen LogP contribution in [0.2, 0.25) is 0 Å². The Kier molecular flexibility index (Phi) is 6.95. The minimum absolute atomic E-state index is 0. The molecule has 0 spiro atoms. The number of halogens is 1. The zero-order valence-corrected chi connectivity index (χ0v) is 10.9. The molecule has 1 aliphatic rings. The minimum atomic E-state index is -0.358. The molecule has 1 saturated carbocycles. The van der Waals surface area contributed by atoms with Crippen LogP contribution in [0.5, 0.6) is 0 Å². The zero-order valence-electron chi connectivity index (χ0n) is 10.1. The van der Waals surface area contributed by atoms with Crippen molar-refractivity contribution in [3.63, 3.8) is 0 Å². The molecule has 0 heterocycles. The Morgan fingerprint density at radius 2 is 2.00 bits per heavy atom. The lowest BCUT2D eigenvalue weighted by atomic mass is 10.1. The van der Waals surface area contributed by atoms with Crippen LogP contribution in [0.4, 0.5) is 0 Å². The highest BCUT2D eigenvalue weighted by molar-refractivity contribution is 5.85. The molecule has 5 heteroatoms. The van der Waals surface area contributed by atoms with Crippen molar-refractivity contribution >= 4 is 18.3 Å². The monoisotopic (exact) mass is 250 g/mol. The lowest BCUT2D eigenvalue weighted by molar-refractivity contribution is -0.127. The van der Waals surface area contributed by atoms with Crippen LogP contribution in [-0.4, -0.2) is 30.7 Å². The summed E-state index contributed by atoms with van der Waals surface area (Å²) >= 11 is 0. The summed E-state index contributed by atoms with van der Waals surface area (Å²) in [6, 6.07) is 0. The smallest absolute Gasteiger partial charge is 0.246 e. The van der Waals surface area contributed by atoms with Crippen LogP contribution < -0.4 is 11.1 Å².